The van der Waals surface area contributed by atoms with Crippen molar-refractivity contribution in [1.29, 1.82) is 0 Å². The van der Waals surface area contributed by atoms with Crippen molar-refractivity contribution in [3.63, 3.8) is 0 Å². The predicted molar refractivity (Wildman–Crippen MR) is 79.3 cm³/mol. The molecule has 110 valence electrons. The number of thiazole rings is 1. The van der Waals surface area contributed by atoms with Crippen molar-refractivity contribution in [2.75, 3.05) is 19.7 Å². The molecule has 0 bridgehead atoms. The van der Waals surface area contributed by atoms with E-state index in [9.17, 15) is 4.79 Å². The summed E-state index contributed by atoms with van der Waals surface area (Å²) in [6.07, 6.45) is -0.239. The first-order valence-electron chi connectivity index (χ1n) is 6.60. The molecule has 2 unspecified atom stereocenters. The van der Waals surface area contributed by atoms with E-state index >= 15 is 0 Å². The maximum absolute atomic E-state index is 12.2. The summed E-state index contributed by atoms with van der Waals surface area (Å²) in [5.74, 6) is 1.37. The lowest BCUT2D eigenvalue weighted by molar-refractivity contribution is 0.0284. The van der Waals surface area contributed by atoms with E-state index < -0.39 is 5.60 Å². The molecule has 1 aromatic rings. The van der Waals surface area contributed by atoms with Crippen molar-refractivity contribution in [3.8, 4) is 5.88 Å². The normalized spacial score (nSPS) is 24.9. The average molecular weight is 361 g/mol. The minimum Gasteiger partial charge on any atom is -0.476 e. The Morgan fingerprint density at radius 3 is 2.95 bits per heavy atom. The van der Waals surface area contributed by atoms with Gasteiger partial charge >= 0.3 is 6.09 Å². The lowest BCUT2D eigenvalue weighted by Gasteiger charge is -2.24. The highest BCUT2D eigenvalue weighted by Gasteiger charge is 2.43. The van der Waals surface area contributed by atoms with Crippen LogP contribution in [0.25, 0.3) is 0 Å². The van der Waals surface area contributed by atoms with Gasteiger partial charge in [-0.3, -0.25) is 0 Å². The molecule has 3 heterocycles. The number of hydrogen-bond donors (Lipinski definition) is 0. The lowest BCUT2D eigenvalue weighted by atomic mass is 9.94. The largest absolute Gasteiger partial charge is 0.476 e. The minimum atomic E-state index is -0.458. The third kappa shape index (κ3) is 2.65. The molecule has 0 aromatic carbocycles. The first-order chi connectivity index (χ1) is 9.33. The van der Waals surface area contributed by atoms with Gasteiger partial charge in [0.2, 0.25) is 5.88 Å². The van der Waals surface area contributed by atoms with Gasteiger partial charge in [0.15, 0.2) is 3.92 Å². The SMILES string of the molecule is CC(C)(C)OC(=O)N1CC2COc3nc(Br)sc3C2C1. The summed E-state index contributed by atoms with van der Waals surface area (Å²) in [5, 5.41) is 0. The van der Waals surface area contributed by atoms with Crippen molar-refractivity contribution in [3.05, 3.63) is 8.79 Å². The molecular formula is C13H17BrN2O3S. The Bertz CT molecular complexity index is 540. The summed E-state index contributed by atoms with van der Waals surface area (Å²) in [7, 11) is 0. The maximum Gasteiger partial charge on any atom is 0.410 e. The lowest BCUT2D eigenvalue weighted by Crippen LogP contribution is -2.35. The van der Waals surface area contributed by atoms with Crippen LogP contribution in [0.3, 0.4) is 0 Å². The number of likely N-dealkylation sites (tertiary alicyclic amines) is 1. The quantitative estimate of drug-likeness (QED) is 0.712. The molecule has 2 aliphatic rings. The van der Waals surface area contributed by atoms with Crippen LogP contribution in [-0.2, 0) is 4.74 Å². The van der Waals surface area contributed by atoms with Gasteiger partial charge in [-0.25, -0.2) is 4.79 Å². The first-order valence-corrected chi connectivity index (χ1v) is 8.21. The zero-order valence-corrected chi connectivity index (χ0v) is 14.1. The second-order valence-corrected chi connectivity index (χ2v) is 8.51. The van der Waals surface area contributed by atoms with E-state index in [1.54, 1.807) is 16.2 Å². The number of nitrogens with zero attached hydrogens (tertiary/aromatic N) is 2. The fourth-order valence-corrected chi connectivity index (χ4v) is 4.23. The Morgan fingerprint density at radius 2 is 2.25 bits per heavy atom. The van der Waals surface area contributed by atoms with Gasteiger partial charge in [0.05, 0.1) is 11.5 Å². The van der Waals surface area contributed by atoms with Gasteiger partial charge in [-0.2, -0.15) is 4.98 Å². The number of hydrogen-bond acceptors (Lipinski definition) is 5. The topological polar surface area (TPSA) is 51.7 Å². The zero-order chi connectivity index (χ0) is 14.5. The van der Waals surface area contributed by atoms with E-state index in [4.69, 9.17) is 9.47 Å². The summed E-state index contributed by atoms with van der Waals surface area (Å²) < 4.78 is 12.0. The highest BCUT2D eigenvalue weighted by molar-refractivity contribution is 9.11. The minimum absolute atomic E-state index is 0.239. The monoisotopic (exact) mass is 360 g/mol. The highest BCUT2D eigenvalue weighted by atomic mass is 79.9. The summed E-state index contributed by atoms with van der Waals surface area (Å²) in [4.78, 5) is 19.4. The summed E-state index contributed by atoms with van der Waals surface area (Å²) in [6, 6.07) is 0. The van der Waals surface area contributed by atoms with Crippen LogP contribution in [-0.4, -0.2) is 41.3 Å². The van der Waals surface area contributed by atoms with Gasteiger partial charge in [0.1, 0.15) is 5.60 Å². The van der Waals surface area contributed by atoms with E-state index in [0.717, 1.165) is 8.79 Å². The summed E-state index contributed by atoms with van der Waals surface area (Å²) >= 11 is 4.99. The number of ether oxygens (including phenoxy) is 2. The molecule has 1 saturated heterocycles. The number of halogens is 1. The Hall–Kier alpha value is -0.820. The molecule has 20 heavy (non-hydrogen) atoms. The Kier molecular flexibility index (Phi) is 3.44. The third-order valence-corrected chi connectivity index (χ3v) is 5.08. The molecule has 1 aromatic heterocycles. The highest BCUT2D eigenvalue weighted by Crippen LogP contribution is 2.45. The number of rotatable bonds is 0. The van der Waals surface area contributed by atoms with Crippen molar-refractivity contribution >= 4 is 33.4 Å². The van der Waals surface area contributed by atoms with Crippen molar-refractivity contribution in [2.45, 2.75) is 32.3 Å². The molecule has 3 rings (SSSR count). The molecule has 0 spiro atoms. The van der Waals surface area contributed by atoms with E-state index in [2.05, 4.69) is 20.9 Å². The first kappa shape index (κ1) is 14.1. The molecule has 7 heteroatoms. The van der Waals surface area contributed by atoms with Gasteiger partial charge in [0, 0.05) is 24.9 Å². The van der Waals surface area contributed by atoms with Gasteiger partial charge < -0.3 is 14.4 Å². The fraction of sp³-hybridized carbons (Fsp3) is 0.692. The average Bonchev–Trinajstić information content (AvgIpc) is 2.87. The fourth-order valence-electron chi connectivity index (χ4n) is 2.63. The Morgan fingerprint density at radius 1 is 1.50 bits per heavy atom. The van der Waals surface area contributed by atoms with E-state index in [1.807, 2.05) is 20.8 Å². The molecule has 0 N–H and O–H groups in total. The Balaban J connectivity index is 1.75. The van der Waals surface area contributed by atoms with Crippen molar-refractivity contribution in [1.82, 2.24) is 9.88 Å². The van der Waals surface area contributed by atoms with Crippen LogP contribution in [0.1, 0.15) is 31.6 Å². The molecule has 2 atom stereocenters. The van der Waals surface area contributed by atoms with Crippen molar-refractivity contribution in [2.24, 2.45) is 5.92 Å². The van der Waals surface area contributed by atoms with Crippen LogP contribution in [0, 0.1) is 5.92 Å². The van der Waals surface area contributed by atoms with Gasteiger partial charge in [-0.05, 0) is 36.7 Å². The van der Waals surface area contributed by atoms with Crippen LogP contribution < -0.4 is 4.74 Å². The second-order valence-electron chi connectivity index (χ2n) is 6.20. The van der Waals surface area contributed by atoms with Gasteiger partial charge in [-0.1, -0.05) is 0 Å². The summed E-state index contributed by atoms with van der Waals surface area (Å²) in [6.45, 7) is 7.65. The maximum atomic E-state index is 12.2. The molecular weight excluding hydrogens is 344 g/mol. The number of fused-ring (bicyclic) bond motifs is 3. The van der Waals surface area contributed by atoms with E-state index in [-0.39, 0.29) is 6.09 Å². The van der Waals surface area contributed by atoms with Crippen LogP contribution in [0.2, 0.25) is 0 Å². The van der Waals surface area contributed by atoms with Gasteiger partial charge in [0.25, 0.3) is 0 Å². The van der Waals surface area contributed by atoms with Crippen molar-refractivity contribution < 1.29 is 14.3 Å². The molecule has 1 fully saturated rings. The zero-order valence-electron chi connectivity index (χ0n) is 11.7. The number of carbonyl (C=O) groups excluding carboxylic acids is 1. The van der Waals surface area contributed by atoms with Crippen LogP contribution in [0.15, 0.2) is 3.92 Å². The van der Waals surface area contributed by atoms with E-state index in [1.165, 1.54) is 0 Å². The molecule has 1 amide bonds. The van der Waals surface area contributed by atoms with Crippen LogP contribution in [0.5, 0.6) is 5.88 Å². The second kappa shape index (κ2) is 4.87. The molecule has 2 aliphatic heterocycles. The number of carbonyl (C=O) groups is 1. The predicted octanol–water partition coefficient (Wildman–Crippen LogP) is 3.25. The standard InChI is InChI=1S/C13H17BrN2O3S/c1-13(2,3)19-12(17)16-4-7-6-18-10-9(8(7)5-16)20-11(14)15-10/h7-8H,4-6H2,1-3H3. The van der Waals surface area contributed by atoms with Crippen LogP contribution >= 0.6 is 27.3 Å². The van der Waals surface area contributed by atoms with Crippen LogP contribution in [0.4, 0.5) is 4.79 Å². The third-order valence-electron chi connectivity index (χ3n) is 3.46. The smallest absolute Gasteiger partial charge is 0.410 e. The molecule has 0 saturated carbocycles. The summed E-state index contributed by atoms with van der Waals surface area (Å²) in [5.41, 5.74) is -0.458. The molecule has 0 radical (unpaired) electrons. The van der Waals surface area contributed by atoms with Gasteiger partial charge in [-0.15, -0.1) is 11.3 Å². The number of aromatic nitrogens is 1. The molecule has 5 nitrogen and oxygen atoms in total. The Labute approximate surface area is 130 Å². The number of amides is 1. The van der Waals surface area contributed by atoms with E-state index in [0.29, 0.717) is 37.4 Å². The molecule has 0 aliphatic carbocycles.